The van der Waals surface area contributed by atoms with Crippen LogP contribution in [0.5, 0.6) is 0 Å². The van der Waals surface area contributed by atoms with Crippen LogP contribution in [0.25, 0.3) is 0 Å². The van der Waals surface area contributed by atoms with Gasteiger partial charge in [0.2, 0.25) is 5.91 Å². The molecule has 1 aromatic carbocycles. The number of hydrogen-bond acceptors (Lipinski definition) is 4. The summed E-state index contributed by atoms with van der Waals surface area (Å²) >= 11 is 11.8. The Morgan fingerprint density at radius 1 is 1.30 bits per heavy atom. The van der Waals surface area contributed by atoms with Crippen molar-refractivity contribution in [3.8, 4) is 0 Å². The number of nitrogens with one attached hydrogen (secondary N) is 2. The van der Waals surface area contributed by atoms with Gasteiger partial charge < -0.3 is 0 Å². The van der Waals surface area contributed by atoms with Gasteiger partial charge in [-0.15, -0.1) is 0 Å². The molecule has 2 N–H and O–H groups in total. The van der Waals surface area contributed by atoms with Crippen LogP contribution in [0.2, 0.25) is 10.0 Å². The van der Waals surface area contributed by atoms with E-state index in [4.69, 9.17) is 23.2 Å². The Morgan fingerprint density at radius 2 is 2.00 bits per heavy atom. The highest BCUT2D eigenvalue weighted by molar-refractivity contribution is 7.90. The zero-order chi connectivity index (χ0) is 16.6. The standard InChI is InChI=1S/C14H13Cl2N3O3S/c15-10-2-1-3-11(16)13(10)23(21,22)19-14(20)8-4-5-9-7-17-18-12(9)6-8/h1-3,7-8H,4-6H2,(H,17,18)(H,19,20). The van der Waals surface area contributed by atoms with Gasteiger partial charge in [-0.05, 0) is 30.5 Å². The van der Waals surface area contributed by atoms with Crippen molar-refractivity contribution in [2.24, 2.45) is 5.92 Å². The molecule has 1 aliphatic carbocycles. The van der Waals surface area contributed by atoms with E-state index in [1.165, 1.54) is 18.2 Å². The van der Waals surface area contributed by atoms with Crippen molar-refractivity contribution >= 4 is 39.1 Å². The van der Waals surface area contributed by atoms with Crippen molar-refractivity contribution in [3.05, 3.63) is 45.7 Å². The molecule has 6 nitrogen and oxygen atoms in total. The van der Waals surface area contributed by atoms with Crippen LogP contribution >= 0.6 is 23.2 Å². The molecule has 3 rings (SSSR count). The van der Waals surface area contributed by atoms with Gasteiger partial charge >= 0.3 is 0 Å². The van der Waals surface area contributed by atoms with E-state index in [0.717, 1.165) is 11.3 Å². The fourth-order valence-electron chi connectivity index (χ4n) is 2.64. The molecular weight excluding hydrogens is 361 g/mol. The first-order valence-electron chi connectivity index (χ1n) is 6.90. The Kier molecular flexibility index (Phi) is 4.35. The number of H-pyrrole nitrogens is 1. The normalized spacial score (nSPS) is 17.6. The zero-order valence-electron chi connectivity index (χ0n) is 11.8. The summed E-state index contributed by atoms with van der Waals surface area (Å²) < 4.78 is 26.9. The summed E-state index contributed by atoms with van der Waals surface area (Å²) in [5.41, 5.74) is 1.93. The Balaban J connectivity index is 1.80. The maximum atomic E-state index is 12.4. The van der Waals surface area contributed by atoms with E-state index in [9.17, 15) is 13.2 Å². The molecule has 1 heterocycles. The van der Waals surface area contributed by atoms with Crippen LogP contribution in [0.1, 0.15) is 17.7 Å². The largest absolute Gasteiger partial charge is 0.282 e. The lowest BCUT2D eigenvalue weighted by molar-refractivity contribution is -0.123. The van der Waals surface area contributed by atoms with Crippen molar-refractivity contribution < 1.29 is 13.2 Å². The van der Waals surface area contributed by atoms with Crippen LogP contribution in [0.4, 0.5) is 0 Å². The number of halogens is 2. The number of sulfonamides is 1. The Labute approximate surface area is 143 Å². The van der Waals surface area contributed by atoms with E-state index in [2.05, 4.69) is 14.9 Å². The topological polar surface area (TPSA) is 91.9 Å². The number of aromatic nitrogens is 2. The van der Waals surface area contributed by atoms with Gasteiger partial charge in [-0.3, -0.25) is 9.89 Å². The van der Waals surface area contributed by atoms with E-state index < -0.39 is 21.8 Å². The summed E-state index contributed by atoms with van der Waals surface area (Å²) in [6.07, 6.45) is 3.39. The molecule has 1 unspecified atom stereocenters. The first-order valence-corrected chi connectivity index (χ1v) is 9.14. The third-order valence-electron chi connectivity index (χ3n) is 3.81. The second kappa shape index (κ2) is 6.14. The van der Waals surface area contributed by atoms with Gasteiger partial charge in [-0.1, -0.05) is 29.3 Å². The smallest absolute Gasteiger partial charge is 0.267 e. The number of nitrogens with zero attached hydrogens (tertiary/aromatic N) is 1. The molecule has 2 aromatic rings. The number of aryl methyl sites for hydroxylation is 1. The minimum absolute atomic E-state index is 0.0303. The number of hydrogen-bond donors (Lipinski definition) is 2. The SMILES string of the molecule is O=C(NS(=O)(=O)c1c(Cl)cccc1Cl)C1CCc2cn[nH]c2C1. The summed E-state index contributed by atoms with van der Waals surface area (Å²) in [5.74, 6) is -1.01. The molecule has 1 aromatic heterocycles. The third kappa shape index (κ3) is 3.22. The molecule has 0 bridgehead atoms. The molecule has 1 amide bonds. The lowest BCUT2D eigenvalue weighted by Gasteiger charge is -2.21. The number of rotatable bonds is 3. The Hall–Kier alpha value is -1.57. The molecule has 0 fully saturated rings. The maximum Gasteiger partial charge on any atom is 0.267 e. The van der Waals surface area contributed by atoms with Gasteiger partial charge in [0, 0.05) is 18.0 Å². The molecule has 0 aliphatic heterocycles. The van der Waals surface area contributed by atoms with Crippen molar-refractivity contribution in [3.63, 3.8) is 0 Å². The number of amides is 1. The molecule has 122 valence electrons. The fraction of sp³-hybridized carbons (Fsp3) is 0.286. The third-order valence-corrected chi connectivity index (χ3v) is 6.11. The molecule has 23 heavy (non-hydrogen) atoms. The van der Waals surface area contributed by atoms with Crippen LogP contribution in [0.3, 0.4) is 0 Å². The predicted molar refractivity (Wildman–Crippen MR) is 85.9 cm³/mol. The van der Waals surface area contributed by atoms with Crippen molar-refractivity contribution in [1.29, 1.82) is 0 Å². The molecule has 1 aliphatic rings. The Morgan fingerprint density at radius 3 is 2.70 bits per heavy atom. The molecular formula is C14H13Cl2N3O3S. The predicted octanol–water partition coefficient (Wildman–Crippen LogP) is 2.33. The van der Waals surface area contributed by atoms with E-state index in [0.29, 0.717) is 19.3 Å². The van der Waals surface area contributed by atoms with E-state index >= 15 is 0 Å². The van der Waals surface area contributed by atoms with Gasteiger partial charge in [-0.2, -0.15) is 5.10 Å². The average Bonchev–Trinajstić information content (AvgIpc) is 2.93. The Bertz CT molecular complexity index is 844. The number of fused-ring (bicyclic) bond motifs is 1. The highest BCUT2D eigenvalue weighted by Gasteiger charge is 2.30. The van der Waals surface area contributed by atoms with Crippen LogP contribution in [0, 0.1) is 5.92 Å². The highest BCUT2D eigenvalue weighted by atomic mass is 35.5. The molecule has 9 heteroatoms. The second-order valence-corrected chi connectivity index (χ2v) is 7.77. The fourth-order valence-corrected chi connectivity index (χ4v) is 4.83. The second-order valence-electron chi connectivity index (χ2n) is 5.33. The lowest BCUT2D eigenvalue weighted by atomic mass is 9.88. The lowest BCUT2D eigenvalue weighted by Crippen LogP contribution is -2.38. The highest BCUT2D eigenvalue weighted by Crippen LogP contribution is 2.29. The van der Waals surface area contributed by atoms with Crippen molar-refractivity contribution in [2.75, 3.05) is 0 Å². The monoisotopic (exact) mass is 373 g/mol. The minimum atomic E-state index is -4.12. The molecule has 0 radical (unpaired) electrons. The molecule has 0 saturated heterocycles. The van der Waals surface area contributed by atoms with Crippen LogP contribution < -0.4 is 4.72 Å². The quantitative estimate of drug-likeness (QED) is 0.863. The van der Waals surface area contributed by atoms with Crippen molar-refractivity contribution in [2.45, 2.75) is 24.2 Å². The average molecular weight is 374 g/mol. The van der Waals surface area contributed by atoms with Gasteiger partial charge in [0.25, 0.3) is 10.0 Å². The van der Waals surface area contributed by atoms with Gasteiger partial charge in [0.15, 0.2) is 0 Å². The van der Waals surface area contributed by atoms with Gasteiger partial charge in [-0.25, -0.2) is 13.1 Å². The molecule has 0 spiro atoms. The summed E-state index contributed by atoms with van der Waals surface area (Å²) in [6, 6.07) is 4.35. The minimum Gasteiger partial charge on any atom is -0.282 e. The van der Waals surface area contributed by atoms with Crippen molar-refractivity contribution in [1.82, 2.24) is 14.9 Å². The van der Waals surface area contributed by atoms with Crippen LogP contribution in [0.15, 0.2) is 29.3 Å². The molecule has 0 saturated carbocycles. The number of carbonyl (C=O) groups is 1. The number of aromatic amines is 1. The van der Waals surface area contributed by atoms with Crippen LogP contribution in [-0.4, -0.2) is 24.5 Å². The van der Waals surface area contributed by atoms with Gasteiger partial charge in [0.05, 0.1) is 16.2 Å². The zero-order valence-corrected chi connectivity index (χ0v) is 14.2. The number of benzene rings is 1. The maximum absolute atomic E-state index is 12.4. The van der Waals surface area contributed by atoms with E-state index in [-0.39, 0.29) is 14.9 Å². The summed E-state index contributed by atoms with van der Waals surface area (Å²) in [7, 11) is -4.12. The first kappa shape index (κ1) is 16.3. The van der Waals surface area contributed by atoms with Gasteiger partial charge in [0.1, 0.15) is 4.90 Å². The van der Waals surface area contributed by atoms with Crippen LogP contribution in [-0.2, 0) is 27.7 Å². The molecule has 1 atom stereocenters. The van der Waals surface area contributed by atoms with E-state index in [1.807, 2.05) is 0 Å². The summed E-state index contributed by atoms with van der Waals surface area (Å²) in [4.78, 5) is 12.0. The summed E-state index contributed by atoms with van der Waals surface area (Å²) in [5, 5.41) is 6.71. The summed E-state index contributed by atoms with van der Waals surface area (Å²) in [6.45, 7) is 0. The number of carbonyl (C=O) groups excluding carboxylic acids is 1. The van der Waals surface area contributed by atoms with E-state index in [1.54, 1.807) is 6.20 Å². The first-order chi connectivity index (χ1) is 10.9.